The van der Waals surface area contributed by atoms with E-state index in [1.165, 1.54) is 0 Å². The van der Waals surface area contributed by atoms with Crippen molar-refractivity contribution in [1.29, 1.82) is 0 Å². The van der Waals surface area contributed by atoms with Crippen molar-refractivity contribution in [3.05, 3.63) is 41.4 Å². The number of halogens is 1. The zero-order valence-electron chi connectivity index (χ0n) is 12.5. The SMILES string of the molecule is C=CCNC(=O)C1CCC(C(=O)Nc2cccc(Br)c2)CC1. The van der Waals surface area contributed by atoms with Gasteiger partial charge in [0.05, 0.1) is 0 Å². The highest BCUT2D eigenvalue weighted by molar-refractivity contribution is 9.10. The standard InChI is InChI=1S/C17H21BrN2O2/c1-2-10-19-16(21)12-6-8-13(9-7-12)17(22)20-15-5-3-4-14(18)11-15/h2-5,11-13H,1,6-10H2,(H,19,21)(H,20,22). The number of carbonyl (C=O) groups is 2. The Balaban J connectivity index is 1.82. The molecular formula is C17H21BrN2O2. The first-order valence-corrected chi connectivity index (χ1v) is 8.34. The maximum absolute atomic E-state index is 12.3. The van der Waals surface area contributed by atoms with Crippen molar-refractivity contribution in [3.63, 3.8) is 0 Å². The predicted molar refractivity (Wildman–Crippen MR) is 91.4 cm³/mol. The molecule has 0 saturated heterocycles. The summed E-state index contributed by atoms with van der Waals surface area (Å²) in [7, 11) is 0. The zero-order valence-corrected chi connectivity index (χ0v) is 14.1. The maximum Gasteiger partial charge on any atom is 0.227 e. The van der Waals surface area contributed by atoms with E-state index in [2.05, 4.69) is 33.1 Å². The zero-order chi connectivity index (χ0) is 15.9. The smallest absolute Gasteiger partial charge is 0.227 e. The van der Waals surface area contributed by atoms with Crippen LogP contribution in [0.2, 0.25) is 0 Å². The monoisotopic (exact) mass is 364 g/mol. The van der Waals surface area contributed by atoms with Gasteiger partial charge in [0.1, 0.15) is 0 Å². The number of anilines is 1. The van der Waals surface area contributed by atoms with Crippen LogP contribution in [0.4, 0.5) is 5.69 Å². The summed E-state index contributed by atoms with van der Waals surface area (Å²) in [6, 6.07) is 7.56. The van der Waals surface area contributed by atoms with Crippen LogP contribution in [0.15, 0.2) is 41.4 Å². The summed E-state index contributed by atoms with van der Waals surface area (Å²) in [5, 5.41) is 5.78. The minimum atomic E-state index is -0.0116. The van der Waals surface area contributed by atoms with E-state index in [1.54, 1.807) is 6.08 Å². The average molecular weight is 365 g/mol. The van der Waals surface area contributed by atoms with Gasteiger partial charge in [-0.15, -0.1) is 6.58 Å². The van der Waals surface area contributed by atoms with Crippen molar-refractivity contribution in [1.82, 2.24) is 5.32 Å². The molecule has 2 N–H and O–H groups in total. The van der Waals surface area contributed by atoms with Gasteiger partial charge in [-0.25, -0.2) is 0 Å². The quantitative estimate of drug-likeness (QED) is 0.785. The Morgan fingerprint density at radius 2 is 1.82 bits per heavy atom. The number of nitrogens with one attached hydrogen (secondary N) is 2. The third kappa shape index (κ3) is 4.70. The lowest BCUT2D eigenvalue weighted by Gasteiger charge is -2.27. The molecule has 0 aliphatic heterocycles. The molecule has 5 heteroatoms. The van der Waals surface area contributed by atoms with E-state index in [4.69, 9.17) is 0 Å². The molecule has 2 rings (SSSR count). The van der Waals surface area contributed by atoms with Crippen LogP contribution in [0.5, 0.6) is 0 Å². The lowest BCUT2D eigenvalue weighted by atomic mass is 9.81. The van der Waals surface area contributed by atoms with Crippen molar-refractivity contribution in [2.75, 3.05) is 11.9 Å². The molecular weight excluding hydrogens is 344 g/mol. The highest BCUT2D eigenvalue weighted by atomic mass is 79.9. The molecule has 0 unspecified atom stereocenters. The predicted octanol–water partition coefficient (Wildman–Crippen LogP) is 3.50. The van der Waals surface area contributed by atoms with Gasteiger partial charge in [-0.3, -0.25) is 9.59 Å². The number of hydrogen-bond acceptors (Lipinski definition) is 2. The lowest BCUT2D eigenvalue weighted by molar-refractivity contribution is -0.128. The fourth-order valence-corrected chi connectivity index (χ4v) is 3.14. The molecule has 0 aromatic heterocycles. The Hall–Kier alpha value is -1.62. The number of hydrogen-bond donors (Lipinski definition) is 2. The molecule has 1 saturated carbocycles. The van der Waals surface area contributed by atoms with E-state index in [9.17, 15) is 9.59 Å². The highest BCUT2D eigenvalue weighted by Crippen LogP contribution is 2.30. The molecule has 1 aliphatic rings. The maximum atomic E-state index is 12.3. The Kier molecular flexibility index (Phi) is 6.19. The van der Waals surface area contributed by atoms with Crippen LogP contribution in [0.1, 0.15) is 25.7 Å². The van der Waals surface area contributed by atoms with Gasteiger partial charge in [-0.05, 0) is 43.9 Å². The Morgan fingerprint density at radius 3 is 2.41 bits per heavy atom. The molecule has 0 bridgehead atoms. The average Bonchev–Trinajstić information content (AvgIpc) is 2.52. The van der Waals surface area contributed by atoms with Gasteiger partial charge >= 0.3 is 0 Å². The fraction of sp³-hybridized carbons (Fsp3) is 0.412. The molecule has 0 heterocycles. The van der Waals surface area contributed by atoms with E-state index in [0.29, 0.717) is 6.54 Å². The Labute approximate surface area is 139 Å². The molecule has 0 radical (unpaired) electrons. The second kappa shape index (κ2) is 8.13. The van der Waals surface area contributed by atoms with E-state index in [1.807, 2.05) is 24.3 Å². The Bertz CT molecular complexity index is 551. The van der Waals surface area contributed by atoms with Crippen molar-refractivity contribution in [2.24, 2.45) is 11.8 Å². The van der Waals surface area contributed by atoms with Crippen LogP contribution in [-0.4, -0.2) is 18.4 Å². The van der Waals surface area contributed by atoms with Gasteiger partial charge in [0.15, 0.2) is 0 Å². The van der Waals surface area contributed by atoms with Crippen LogP contribution < -0.4 is 10.6 Å². The molecule has 0 spiro atoms. The number of amides is 2. The van der Waals surface area contributed by atoms with Crippen molar-refractivity contribution in [2.45, 2.75) is 25.7 Å². The van der Waals surface area contributed by atoms with Gasteiger partial charge in [0.2, 0.25) is 11.8 Å². The number of carbonyl (C=O) groups excluding carboxylic acids is 2. The summed E-state index contributed by atoms with van der Waals surface area (Å²) in [5.74, 6) is 0.131. The third-order valence-electron chi connectivity index (χ3n) is 3.98. The van der Waals surface area contributed by atoms with Crippen molar-refractivity contribution < 1.29 is 9.59 Å². The molecule has 1 aromatic rings. The number of rotatable bonds is 5. The van der Waals surface area contributed by atoms with Gasteiger partial charge in [0, 0.05) is 28.5 Å². The first-order valence-electron chi connectivity index (χ1n) is 7.55. The fourth-order valence-electron chi connectivity index (χ4n) is 2.75. The minimum Gasteiger partial charge on any atom is -0.352 e. The van der Waals surface area contributed by atoms with E-state index in [-0.39, 0.29) is 23.7 Å². The van der Waals surface area contributed by atoms with Crippen LogP contribution >= 0.6 is 15.9 Å². The van der Waals surface area contributed by atoms with Crippen molar-refractivity contribution >= 4 is 33.4 Å². The molecule has 1 aliphatic carbocycles. The molecule has 22 heavy (non-hydrogen) atoms. The van der Waals surface area contributed by atoms with Crippen LogP contribution in [0, 0.1) is 11.8 Å². The normalized spacial score (nSPS) is 21.0. The number of benzene rings is 1. The minimum absolute atomic E-state index is 0.0116. The summed E-state index contributed by atoms with van der Waals surface area (Å²) in [5.41, 5.74) is 0.797. The molecule has 2 amide bonds. The summed E-state index contributed by atoms with van der Waals surface area (Å²) in [6.45, 7) is 4.09. The first kappa shape index (κ1) is 16.7. The van der Waals surface area contributed by atoms with Gasteiger partial charge < -0.3 is 10.6 Å². The second-order valence-corrected chi connectivity index (χ2v) is 6.50. The lowest BCUT2D eigenvalue weighted by Crippen LogP contribution is -2.35. The summed E-state index contributed by atoms with van der Waals surface area (Å²) < 4.78 is 0.938. The molecule has 4 nitrogen and oxygen atoms in total. The van der Waals surface area contributed by atoms with Crippen LogP contribution in [0.25, 0.3) is 0 Å². The summed E-state index contributed by atoms with van der Waals surface area (Å²) in [6.07, 6.45) is 4.71. The summed E-state index contributed by atoms with van der Waals surface area (Å²) in [4.78, 5) is 24.2. The largest absolute Gasteiger partial charge is 0.352 e. The van der Waals surface area contributed by atoms with Gasteiger partial charge in [-0.2, -0.15) is 0 Å². The molecule has 1 fully saturated rings. The van der Waals surface area contributed by atoms with Crippen LogP contribution in [0.3, 0.4) is 0 Å². The van der Waals surface area contributed by atoms with E-state index in [0.717, 1.165) is 35.8 Å². The molecule has 118 valence electrons. The topological polar surface area (TPSA) is 58.2 Å². The van der Waals surface area contributed by atoms with Crippen molar-refractivity contribution in [3.8, 4) is 0 Å². The highest BCUT2D eigenvalue weighted by Gasteiger charge is 2.29. The van der Waals surface area contributed by atoms with Gasteiger partial charge in [0.25, 0.3) is 0 Å². The second-order valence-electron chi connectivity index (χ2n) is 5.58. The van der Waals surface area contributed by atoms with E-state index < -0.39 is 0 Å². The van der Waals surface area contributed by atoms with E-state index >= 15 is 0 Å². The third-order valence-corrected chi connectivity index (χ3v) is 4.47. The molecule has 1 aromatic carbocycles. The first-order chi connectivity index (χ1) is 10.6. The Morgan fingerprint density at radius 1 is 1.18 bits per heavy atom. The van der Waals surface area contributed by atoms with Gasteiger partial charge in [-0.1, -0.05) is 28.1 Å². The van der Waals surface area contributed by atoms with Crippen LogP contribution in [-0.2, 0) is 9.59 Å². The molecule has 0 atom stereocenters. The summed E-state index contributed by atoms with van der Waals surface area (Å²) >= 11 is 3.39.